The van der Waals surface area contributed by atoms with E-state index < -0.39 is 5.60 Å². The van der Waals surface area contributed by atoms with Crippen LogP contribution in [0.5, 0.6) is 5.75 Å². The van der Waals surface area contributed by atoms with Crippen LogP contribution in [-0.4, -0.2) is 23.9 Å². The first kappa shape index (κ1) is 13.4. The highest BCUT2D eigenvalue weighted by atomic mass is 16.5. The van der Waals surface area contributed by atoms with Crippen LogP contribution in [0.3, 0.4) is 0 Å². The van der Waals surface area contributed by atoms with Crippen molar-refractivity contribution in [1.82, 2.24) is 0 Å². The Kier molecular flexibility index (Phi) is 3.93. The topological polar surface area (TPSA) is 55.5 Å². The van der Waals surface area contributed by atoms with Gasteiger partial charge < -0.3 is 15.6 Å². The Morgan fingerprint density at radius 3 is 2.56 bits per heavy atom. The van der Waals surface area contributed by atoms with Gasteiger partial charge in [0.05, 0.1) is 12.7 Å². The molecule has 0 amide bonds. The van der Waals surface area contributed by atoms with Crippen molar-refractivity contribution < 1.29 is 9.84 Å². The maximum absolute atomic E-state index is 10.8. The highest BCUT2D eigenvalue weighted by Crippen LogP contribution is 2.39. The minimum atomic E-state index is -0.771. The maximum atomic E-state index is 10.8. The molecule has 18 heavy (non-hydrogen) atoms. The SMILES string of the molecule is COc1ccc(C(C)C2(O)CCCCC2N)cc1. The largest absolute Gasteiger partial charge is 0.497 e. The van der Waals surface area contributed by atoms with Crippen molar-refractivity contribution in [2.75, 3.05) is 7.11 Å². The summed E-state index contributed by atoms with van der Waals surface area (Å²) in [6, 6.07) is 7.78. The fraction of sp³-hybridized carbons (Fsp3) is 0.600. The van der Waals surface area contributed by atoms with E-state index >= 15 is 0 Å². The lowest BCUT2D eigenvalue weighted by molar-refractivity contribution is -0.0340. The van der Waals surface area contributed by atoms with E-state index in [1.54, 1.807) is 7.11 Å². The molecular formula is C15H23NO2. The van der Waals surface area contributed by atoms with E-state index in [4.69, 9.17) is 10.5 Å². The molecule has 3 heteroatoms. The minimum absolute atomic E-state index is 0.0544. The average Bonchev–Trinajstić information content (AvgIpc) is 2.41. The van der Waals surface area contributed by atoms with E-state index in [0.717, 1.165) is 37.0 Å². The summed E-state index contributed by atoms with van der Waals surface area (Å²) >= 11 is 0. The molecule has 3 unspecified atom stereocenters. The molecule has 3 N–H and O–H groups in total. The number of benzene rings is 1. The second-order valence-corrected chi connectivity index (χ2v) is 5.34. The van der Waals surface area contributed by atoms with Crippen LogP contribution < -0.4 is 10.5 Å². The van der Waals surface area contributed by atoms with Crippen molar-refractivity contribution in [2.24, 2.45) is 5.73 Å². The Bertz CT molecular complexity index is 390. The van der Waals surface area contributed by atoms with E-state index in [9.17, 15) is 5.11 Å². The fourth-order valence-electron chi connectivity index (χ4n) is 2.93. The first-order valence-electron chi connectivity index (χ1n) is 6.70. The molecule has 2 rings (SSSR count). The Morgan fingerprint density at radius 2 is 2.00 bits per heavy atom. The van der Waals surface area contributed by atoms with Gasteiger partial charge in [0.2, 0.25) is 0 Å². The second kappa shape index (κ2) is 5.29. The highest BCUT2D eigenvalue weighted by Gasteiger charge is 2.41. The number of nitrogens with two attached hydrogens (primary N) is 1. The Hall–Kier alpha value is -1.06. The van der Waals surface area contributed by atoms with Crippen LogP contribution in [0.2, 0.25) is 0 Å². The molecule has 0 spiro atoms. The van der Waals surface area contributed by atoms with Gasteiger partial charge in [-0.1, -0.05) is 31.9 Å². The summed E-state index contributed by atoms with van der Waals surface area (Å²) in [4.78, 5) is 0. The molecule has 100 valence electrons. The average molecular weight is 249 g/mol. The number of aliphatic hydroxyl groups is 1. The summed E-state index contributed by atoms with van der Waals surface area (Å²) in [5.74, 6) is 0.893. The van der Waals surface area contributed by atoms with Crippen LogP contribution >= 0.6 is 0 Å². The van der Waals surface area contributed by atoms with Crippen molar-refractivity contribution in [1.29, 1.82) is 0 Å². The lowest BCUT2D eigenvalue weighted by Crippen LogP contribution is -2.53. The number of rotatable bonds is 3. The third-order valence-corrected chi connectivity index (χ3v) is 4.35. The molecule has 3 atom stereocenters. The van der Waals surface area contributed by atoms with Crippen LogP contribution in [0, 0.1) is 0 Å². The van der Waals surface area contributed by atoms with E-state index in [1.165, 1.54) is 0 Å². The third kappa shape index (κ3) is 2.38. The van der Waals surface area contributed by atoms with Crippen LogP contribution in [-0.2, 0) is 0 Å². The van der Waals surface area contributed by atoms with Gasteiger partial charge in [-0.25, -0.2) is 0 Å². The molecule has 0 aliphatic heterocycles. The van der Waals surface area contributed by atoms with Gasteiger partial charge >= 0.3 is 0 Å². The zero-order chi connectivity index (χ0) is 13.2. The van der Waals surface area contributed by atoms with Crippen LogP contribution in [0.1, 0.15) is 44.1 Å². The molecular weight excluding hydrogens is 226 g/mol. The molecule has 1 aromatic carbocycles. The molecule has 1 aliphatic carbocycles. The highest BCUT2D eigenvalue weighted by molar-refractivity contribution is 5.31. The first-order valence-corrected chi connectivity index (χ1v) is 6.70. The predicted octanol–water partition coefficient (Wildman–Crippen LogP) is 2.43. The van der Waals surface area contributed by atoms with Crippen molar-refractivity contribution in [2.45, 2.75) is 50.2 Å². The van der Waals surface area contributed by atoms with Gasteiger partial charge in [-0.3, -0.25) is 0 Å². The quantitative estimate of drug-likeness (QED) is 0.865. The molecule has 0 heterocycles. The Balaban J connectivity index is 2.20. The first-order chi connectivity index (χ1) is 8.58. The minimum Gasteiger partial charge on any atom is -0.497 e. The summed E-state index contributed by atoms with van der Waals surface area (Å²) < 4.78 is 5.15. The monoisotopic (exact) mass is 249 g/mol. The molecule has 0 radical (unpaired) electrons. The van der Waals surface area contributed by atoms with E-state index in [2.05, 4.69) is 6.92 Å². The maximum Gasteiger partial charge on any atom is 0.118 e. The molecule has 1 aliphatic rings. The second-order valence-electron chi connectivity index (χ2n) is 5.34. The third-order valence-electron chi connectivity index (χ3n) is 4.35. The number of methoxy groups -OCH3 is 1. The summed E-state index contributed by atoms with van der Waals surface area (Å²) in [7, 11) is 1.66. The molecule has 3 nitrogen and oxygen atoms in total. The van der Waals surface area contributed by atoms with Gasteiger partial charge in [-0.05, 0) is 30.5 Å². The standard InChI is InChI=1S/C15H23NO2/c1-11(12-6-8-13(18-2)9-7-12)15(17)10-4-3-5-14(15)16/h6-9,11,14,17H,3-5,10,16H2,1-2H3. The van der Waals surface area contributed by atoms with Crippen LogP contribution in [0.25, 0.3) is 0 Å². The Morgan fingerprint density at radius 1 is 1.33 bits per heavy atom. The van der Waals surface area contributed by atoms with Crippen molar-refractivity contribution >= 4 is 0 Å². The molecule has 0 aromatic heterocycles. The molecule has 0 saturated heterocycles. The van der Waals surface area contributed by atoms with E-state index in [1.807, 2.05) is 24.3 Å². The van der Waals surface area contributed by atoms with Gasteiger partial charge in [0.25, 0.3) is 0 Å². The predicted molar refractivity (Wildman–Crippen MR) is 72.8 cm³/mol. The lowest BCUT2D eigenvalue weighted by atomic mass is 9.71. The molecule has 0 bridgehead atoms. The smallest absolute Gasteiger partial charge is 0.118 e. The number of hydrogen-bond donors (Lipinski definition) is 2. The number of ether oxygens (including phenoxy) is 1. The molecule has 1 aromatic rings. The zero-order valence-corrected chi connectivity index (χ0v) is 11.2. The van der Waals surface area contributed by atoms with Crippen LogP contribution in [0.15, 0.2) is 24.3 Å². The van der Waals surface area contributed by atoms with Gasteiger partial charge in [0.15, 0.2) is 0 Å². The van der Waals surface area contributed by atoms with Crippen LogP contribution in [0.4, 0.5) is 0 Å². The molecule has 1 fully saturated rings. The zero-order valence-electron chi connectivity index (χ0n) is 11.2. The Labute approximate surface area is 109 Å². The van der Waals surface area contributed by atoms with Crippen molar-refractivity contribution in [3.63, 3.8) is 0 Å². The van der Waals surface area contributed by atoms with E-state index in [-0.39, 0.29) is 12.0 Å². The molecule has 1 saturated carbocycles. The summed E-state index contributed by atoms with van der Waals surface area (Å²) in [6.07, 6.45) is 3.89. The summed E-state index contributed by atoms with van der Waals surface area (Å²) in [5, 5.41) is 10.8. The van der Waals surface area contributed by atoms with Gasteiger partial charge in [-0.2, -0.15) is 0 Å². The van der Waals surface area contributed by atoms with Crippen molar-refractivity contribution in [3.05, 3.63) is 29.8 Å². The lowest BCUT2D eigenvalue weighted by Gasteiger charge is -2.42. The fourth-order valence-corrected chi connectivity index (χ4v) is 2.93. The summed E-state index contributed by atoms with van der Waals surface area (Å²) in [5.41, 5.74) is 6.48. The van der Waals surface area contributed by atoms with E-state index in [0.29, 0.717) is 0 Å². The summed E-state index contributed by atoms with van der Waals surface area (Å²) in [6.45, 7) is 2.06. The normalized spacial score (nSPS) is 29.9. The van der Waals surface area contributed by atoms with Crippen molar-refractivity contribution in [3.8, 4) is 5.75 Å². The van der Waals surface area contributed by atoms with Gasteiger partial charge in [-0.15, -0.1) is 0 Å². The van der Waals surface area contributed by atoms with Gasteiger partial charge in [0.1, 0.15) is 5.75 Å². The van der Waals surface area contributed by atoms with Gasteiger partial charge in [0, 0.05) is 12.0 Å². The number of hydrogen-bond acceptors (Lipinski definition) is 3.